The van der Waals surface area contributed by atoms with E-state index in [-0.39, 0.29) is 30.7 Å². The monoisotopic (exact) mass is 403 g/mol. The van der Waals surface area contributed by atoms with Crippen molar-refractivity contribution >= 4 is 24.2 Å². The second kappa shape index (κ2) is 11.2. The number of carbonyl (C=O) groups excluding carboxylic acids is 4. The van der Waals surface area contributed by atoms with Crippen molar-refractivity contribution in [1.29, 1.82) is 0 Å². The quantitative estimate of drug-likeness (QED) is 0.513. The van der Waals surface area contributed by atoms with Crippen LogP contribution in [0.15, 0.2) is 30.3 Å². The van der Waals surface area contributed by atoms with E-state index < -0.39 is 24.1 Å². The Bertz CT molecular complexity index is 708. The molecule has 0 aromatic heterocycles. The van der Waals surface area contributed by atoms with E-state index in [1.54, 1.807) is 0 Å². The summed E-state index contributed by atoms with van der Waals surface area (Å²) in [6, 6.07) is 8.54. The molecule has 0 aliphatic carbocycles. The summed E-state index contributed by atoms with van der Waals surface area (Å²) in [6.07, 6.45) is 0.0757. The zero-order chi connectivity index (χ0) is 21.2. The third-order valence-electron chi connectivity index (χ3n) is 4.70. The van der Waals surface area contributed by atoms with Gasteiger partial charge >= 0.3 is 6.09 Å². The predicted octanol–water partition coefficient (Wildman–Crippen LogP) is 1.54. The molecule has 3 atom stereocenters. The molecule has 1 heterocycles. The summed E-state index contributed by atoms with van der Waals surface area (Å²) in [5, 5.41) is 7.94. The summed E-state index contributed by atoms with van der Waals surface area (Å²) in [7, 11) is 0. The Morgan fingerprint density at radius 1 is 1.28 bits per heavy atom. The maximum atomic E-state index is 12.6. The molecule has 29 heavy (non-hydrogen) atoms. The van der Waals surface area contributed by atoms with Crippen molar-refractivity contribution in [2.45, 2.75) is 51.8 Å². The van der Waals surface area contributed by atoms with Crippen LogP contribution in [0.1, 0.15) is 38.7 Å². The maximum Gasteiger partial charge on any atom is 0.408 e. The SMILES string of the molecule is CC(C)C[C@H](OC(=O)NCc1ccccc1)C(=O)N[C@H](C=O)C[C@@H]1CCNC1=O. The highest BCUT2D eigenvalue weighted by atomic mass is 16.6. The molecule has 0 radical (unpaired) electrons. The van der Waals surface area contributed by atoms with Crippen LogP contribution in [0.4, 0.5) is 4.79 Å². The van der Waals surface area contributed by atoms with E-state index >= 15 is 0 Å². The van der Waals surface area contributed by atoms with Crippen LogP contribution in [0, 0.1) is 11.8 Å². The number of hydrogen-bond donors (Lipinski definition) is 3. The summed E-state index contributed by atoms with van der Waals surface area (Å²) in [6.45, 7) is 4.67. The summed E-state index contributed by atoms with van der Waals surface area (Å²) in [4.78, 5) is 47.9. The Hall–Kier alpha value is -2.90. The lowest BCUT2D eigenvalue weighted by Crippen LogP contribution is -2.46. The third-order valence-corrected chi connectivity index (χ3v) is 4.70. The van der Waals surface area contributed by atoms with Gasteiger partial charge in [-0.05, 0) is 30.7 Å². The van der Waals surface area contributed by atoms with Crippen LogP contribution < -0.4 is 16.0 Å². The molecule has 1 fully saturated rings. The number of rotatable bonds is 10. The van der Waals surface area contributed by atoms with Gasteiger partial charge in [0.2, 0.25) is 5.91 Å². The first-order valence-corrected chi connectivity index (χ1v) is 9.90. The second-order valence-corrected chi connectivity index (χ2v) is 7.63. The number of hydrogen-bond acceptors (Lipinski definition) is 5. The molecule has 0 unspecified atom stereocenters. The number of ether oxygens (including phenoxy) is 1. The van der Waals surface area contributed by atoms with Crippen LogP contribution in [0.3, 0.4) is 0 Å². The summed E-state index contributed by atoms with van der Waals surface area (Å²) >= 11 is 0. The average molecular weight is 403 g/mol. The van der Waals surface area contributed by atoms with Gasteiger partial charge < -0.3 is 25.5 Å². The molecule has 8 nitrogen and oxygen atoms in total. The molecular weight excluding hydrogens is 374 g/mol. The number of alkyl carbamates (subject to hydrolysis) is 1. The Balaban J connectivity index is 1.90. The molecule has 1 saturated heterocycles. The Kier molecular flexibility index (Phi) is 8.64. The van der Waals surface area contributed by atoms with Crippen LogP contribution in [-0.2, 0) is 25.7 Å². The third kappa shape index (κ3) is 7.56. The zero-order valence-electron chi connectivity index (χ0n) is 16.9. The smallest absolute Gasteiger partial charge is 0.408 e. The minimum atomic E-state index is -1.02. The minimum absolute atomic E-state index is 0.1000. The largest absolute Gasteiger partial charge is 0.436 e. The van der Waals surface area contributed by atoms with Crippen molar-refractivity contribution in [3.8, 4) is 0 Å². The van der Waals surface area contributed by atoms with Crippen LogP contribution in [-0.4, -0.2) is 42.9 Å². The molecule has 0 saturated carbocycles. The lowest BCUT2D eigenvalue weighted by atomic mass is 9.98. The highest BCUT2D eigenvalue weighted by Crippen LogP contribution is 2.16. The fraction of sp³-hybridized carbons (Fsp3) is 0.524. The fourth-order valence-electron chi connectivity index (χ4n) is 3.18. The highest BCUT2D eigenvalue weighted by Gasteiger charge is 2.30. The van der Waals surface area contributed by atoms with Crippen molar-refractivity contribution in [1.82, 2.24) is 16.0 Å². The van der Waals surface area contributed by atoms with Crippen LogP contribution in [0.2, 0.25) is 0 Å². The Morgan fingerprint density at radius 2 is 2.00 bits per heavy atom. The summed E-state index contributed by atoms with van der Waals surface area (Å²) in [5.74, 6) is -0.850. The molecular formula is C21H29N3O5. The van der Waals surface area contributed by atoms with E-state index in [9.17, 15) is 19.2 Å². The lowest BCUT2D eigenvalue weighted by Gasteiger charge is -2.22. The number of amides is 3. The molecule has 158 valence electrons. The average Bonchev–Trinajstić information content (AvgIpc) is 3.10. The standard InChI is InChI=1S/C21H29N3O5/c1-14(2)10-18(29-21(28)23-12-15-6-4-3-5-7-15)20(27)24-17(13-25)11-16-8-9-22-19(16)26/h3-7,13-14,16-18H,8-12H2,1-2H3,(H,22,26)(H,23,28)(H,24,27)/t16-,17-,18-/m0/s1. The van der Waals surface area contributed by atoms with Gasteiger partial charge in [0.05, 0.1) is 6.04 Å². The first-order valence-electron chi connectivity index (χ1n) is 9.90. The van der Waals surface area contributed by atoms with Crippen molar-refractivity contribution in [2.24, 2.45) is 11.8 Å². The Labute approximate surface area is 170 Å². The van der Waals surface area contributed by atoms with Crippen LogP contribution in [0.25, 0.3) is 0 Å². The van der Waals surface area contributed by atoms with E-state index in [1.807, 2.05) is 44.2 Å². The first-order chi connectivity index (χ1) is 13.9. The molecule has 0 bridgehead atoms. The van der Waals surface area contributed by atoms with Crippen LogP contribution in [0.5, 0.6) is 0 Å². The molecule has 1 aliphatic rings. The second-order valence-electron chi connectivity index (χ2n) is 7.63. The van der Waals surface area contributed by atoms with E-state index in [1.165, 1.54) is 0 Å². The number of carbonyl (C=O) groups is 4. The van der Waals surface area contributed by atoms with Gasteiger partial charge in [-0.3, -0.25) is 9.59 Å². The molecule has 1 aromatic carbocycles. The molecule has 2 rings (SSSR count). The van der Waals surface area contributed by atoms with Gasteiger partial charge in [-0.25, -0.2) is 4.79 Å². The molecule has 3 N–H and O–H groups in total. The molecule has 8 heteroatoms. The van der Waals surface area contributed by atoms with Crippen molar-refractivity contribution in [2.75, 3.05) is 6.54 Å². The fourth-order valence-corrected chi connectivity index (χ4v) is 3.18. The molecule has 0 spiro atoms. The normalized spacial score (nSPS) is 17.9. The van der Waals surface area contributed by atoms with Gasteiger partial charge in [0, 0.05) is 19.0 Å². The van der Waals surface area contributed by atoms with Gasteiger partial charge in [-0.1, -0.05) is 44.2 Å². The molecule has 3 amide bonds. The zero-order valence-corrected chi connectivity index (χ0v) is 16.9. The van der Waals surface area contributed by atoms with E-state index in [0.29, 0.717) is 25.7 Å². The van der Waals surface area contributed by atoms with Crippen molar-refractivity contribution in [3.05, 3.63) is 35.9 Å². The van der Waals surface area contributed by atoms with Gasteiger partial charge in [0.15, 0.2) is 6.10 Å². The van der Waals surface area contributed by atoms with E-state index in [4.69, 9.17) is 4.74 Å². The minimum Gasteiger partial charge on any atom is -0.436 e. The van der Waals surface area contributed by atoms with Gasteiger partial charge in [0.25, 0.3) is 5.91 Å². The number of benzene rings is 1. The van der Waals surface area contributed by atoms with Gasteiger partial charge in [-0.15, -0.1) is 0 Å². The lowest BCUT2D eigenvalue weighted by molar-refractivity contribution is -0.133. The topological polar surface area (TPSA) is 114 Å². The Morgan fingerprint density at radius 3 is 2.59 bits per heavy atom. The first kappa shape index (κ1) is 22.4. The van der Waals surface area contributed by atoms with Crippen LogP contribution >= 0.6 is 0 Å². The maximum absolute atomic E-state index is 12.6. The van der Waals surface area contributed by atoms with E-state index in [0.717, 1.165) is 5.56 Å². The summed E-state index contributed by atoms with van der Waals surface area (Å²) in [5.41, 5.74) is 0.908. The number of aldehydes is 1. The van der Waals surface area contributed by atoms with E-state index in [2.05, 4.69) is 16.0 Å². The van der Waals surface area contributed by atoms with Gasteiger partial charge in [-0.2, -0.15) is 0 Å². The van der Waals surface area contributed by atoms with Crippen molar-refractivity contribution < 1.29 is 23.9 Å². The molecule has 1 aromatic rings. The highest BCUT2D eigenvalue weighted by molar-refractivity contribution is 5.86. The predicted molar refractivity (Wildman–Crippen MR) is 107 cm³/mol. The van der Waals surface area contributed by atoms with Gasteiger partial charge in [0.1, 0.15) is 6.29 Å². The summed E-state index contributed by atoms with van der Waals surface area (Å²) < 4.78 is 5.32. The van der Waals surface area contributed by atoms with Crippen molar-refractivity contribution in [3.63, 3.8) is 0 Å². The number of nitrogens with one attached hydrogen (secondary N) is 3. The molecule has 1 aliphatic heterocycles.